The van der Waals surface area contributed by atoms with Crippen molar-refractivity contribution in [3.8, 4) is 0 Å². The molecule has 1 saturated heterocycles. The minimum Gasteiger partial charge on any atom is -0.351 e. The zero-order valence-corrected chi connectivity index (χ0v) is 22.4. The van der Waals surface area contributed by atoms with E-state index in [-0.39, 0.29) is 22.8 Å². The van der Waals surface area contributed by atoms with Crippen LogP contribution in [0, 0.1) is 0 Å². The molecular formula is C29H35N3O4S. The fraction of sp³-hybridized carbons (Fsp3) is 0.379. The van der Waals surface area contributed by atoms with Gasteiger partial charge in [0.15, 0.2) is 0 Å². The molecule has 4 rings (SSSR count). The average Bonchev–Trinajstić information content (AvgIpc) is 2.88. The monoisotopic (exact) mass is 521 g/mol. The molecule has 0 spiro atoms. The summed E-state index contributed by atoms with van der Waals surface area (Å²) >= 11 is 0. The predicted molar refractivity (Wildman–Crippen MR) is 146 cm³/mol. The molecular weight excluding hydrogens is 486 g/mol. The maximum atomic E-state index is 13.2. The zero-order chi connectivity index (χ0) is 26.6. The minimum atomic E-state index is -3.62. The van der Waals surface area contributed by atoms with Crippen molar-refractivity contribution in [2.75, 3.05) is 13.1 Å². The number of hydrogen-bond donors (Lipinski definition) is 2. The fourth-order valence-electron chi connectivity index (χ4n) is 4.75. The number of benzene rings is 3. The number of nitrogens with zero attached hydrogens (tertiary/aromatic N) is 1. The molecule has 0 radical (unpaired) electrons. The summed E-state index contributed by atoms with van der Waals surface area (Å²) in [6, 6.07) is 20.1. The topological polar surface area (TPSA) is 95.6 Å². The van der Waals surface area contributed by atoms with E-state index >= 15 is 0 Å². The Morgan fingerprint density at radius 3 is 2.22 bits per heavy atom. The van der Waals surface area contributed by atoms with Gasteiger partial charge >= 0.3 is 0 Å². The number of amides is 2. The maximum absolute atomic E-state index is 13.2. The van der Waals surface area contributed by atoms with Crippen molar-refractivity contribution in [2.45, 2.75) is 62.9 Å². The molecule has 1 fully saturated rings. The molecule has 196 valence electrons. The van der Waals surface area contributed by atoms with Crippen LogP contribution in [0.15, 0.2) is 71.6 Å². The molecule has 0 bridgehead atoms. The molecule has 0 aromatic heterocycles. The van der Waals surface area contributed by atoms with Crippen LogP contribution in [0.4, 0.5) is 0 Å². The van der Waals surface area contributed by atoms with Gasteiger partial charge in [-0.2, -0.15) is 4.31 Å². The summed E-state index contributed by atoms with van der Waals surface area (Å²) in [7, 11) is -3.62. The van der Waals surface area contributed by atoms with Crippen molar-refractivity contribution in [1.29, 1.82) is 0 Å². The third kappa shape index (κ3) is 6.56. The van der Waals surface area contributed by atoms with E-state index in [4.69, 9.17) is 0 Å². The number of fused-ring (bicyclic) bond motifs is 1. The Kier molecular flexibility index (Phi) is 8.29. The van der Waals surface area contributed by atoms with Crippen molar-refractivity contribution in [3.05, 3.63) is 77.9 Å². The standard InChI is InChI=1S/C29H35N3O4S/c1-20(2)23-10-8-22(9-11-23)18-28(30-21(3)33)29(34)31-26-14-16-32(17-15-26)37(35,36)27-13-12-24-6-4-5-7-25(24)19-27/h4-13,19-20,26,28H,14-18H2,1-3H3,(H,30,33)(H,31,34). The number of sulfonamides is 1. The van der Waals surface area contributed by atoms with E-state index in [0.717, 1.165) is 16.3 Å². The quantitative estimate of drug-likeness (QED) is 0.469. The summed E-state index contributed by atoms with van der Waals surface area (Å²) < 4.78 is 28.0. The average molecular weight is 522 g/mol. The van der Waals surface area contributed by atoms with Gasteiger partial charge in [-0.15, -0.1) is 0 Å². The van der Waals surface area contributed by atoms with E-state index in [9.17, 15) is 18.0 Å². The highest BCUT2D eigenvalue weighted by Crippen LogP contribution is 2.24. The Balaban J connectivity index is 1.37. The van der Waals surface area contributed by atoms with E-state index in [1.54, 1.807) is 12.1 Å². The lowest BCUT2D eigenvalue weighted by atomic mass is 9.98. The molecule has 2 amide bonds. The second-order valence-electron chi connectivity index (χ2n) is 10.0. The van der Waals surface area contributed by atoms with Gasteiger partial charge in [0.1, 0.15) is 6.04 Å². The number of rotatable bonds is 8. The van der Waals surface area contributed by atoms with Crippen LogP contribution >= 0.6 is 0 Å². The molecule has 0 saturated carbocycles. The first-order valence-electron chi connectivity index (χ1n) is 12.8. The van der Waals surface area contributed by atoms with Crippen LogP contribution in [-0.2, 0) is 26.0 Å². The van der Waals surface area contributed by atoms with Crippen LogP contribution in [0.1, 0.15) is 50.7 Å². The lowest BCUT2D eigenvalue weighted by molar-refractivity contribution is -0.128. The molecule has 1 aliphatic rings. The number of carbonyl (C=O) groups is 2. The summed E-state index contributed by atoms with van der Waals surface area (Å²) in [5.74, 6) is -0.103. The molecule has 1 aliphatic heterocycles. The Morgan fingerprint density at radius 2 is 1.59 bits per heavy atom. The van der Waals surface area contributed by atoms with Gasteiger partial charge in [-0.25, -0.2) is 8.42 Å². The molecule has 1 unspecified atom stereocenters. The zero-order valence-electron chi connectivity index (χ0n) is 21.6. The molecule has 37 heavy (non-hydrogen) atoms. The number of hydrogen-bond acceptors (Lipinski definition) is 4. The van der Waals surface area contributed by atoms with Gasteiger partial charge in [0.2, 0.25) is 21.8 Å². The Labute approximate surface area is 219 Å². The molecule has 3 aromatic carbocycles. The van der Waals surface area contributed by atoms with Crippen molar-refractivity contribution >= 4 is 32.6 Å². The van der Waals surface area contributed by atoms with Crippen LogP contribution < -0.4 is 10.6 Å². The van der Waals surface area contributed by atoms with E-state index in [2.05, 4.69) is 36.6 Å². The maximum Gasteiger partial charge on any atom is 0.243 e. The molecule has 1 heterocycles. The highest BCUT2D eigenvalue weighted by Gasteiger charge is 2.31. The first kappa shape index (κ1) is 26.8. The number of carbonyl (C=O) groups excluding carboxylic acids is 2. The van der Waals surface area contributed by atoms with E-state index in [1.165, 1.54) is 16.8 Å². The highest BCUT2D eigenvalue weighted by atomic mass is 32.2. The van der Waals surface area contributed by atoms with Gasteiger partial charge in [0, 0.05) is 32.5 Å². The predicted octanol–water partition coefficient (Wildman–Crippen LogP) is 3.98. The molecule has 8 heteroatoms. The Morgan fingerprint density at radius 1 is 0.946 bits per heavy atom. The second-order valence-corrected chi connectivity index (χ2v) is 12.0. The van der Waals surface area contributed by atoms with Crippen LogP contribution in [-0.4, -0.2) is 49.7 Å². The highest BCUT2D eigenvalue weighted by molar-refractivity contribution is 7.89. The van der Waals surface area contributed by atoms with Gasteiger partial charge in [-0.05, 0) is 52.8 Å². The van der Waals surface area contributed by atoms with Gasteiger partial charge < -0.3 is 10.6 Å². The summed E-state index contributed by atoms with van der Waals surface area (Å²) in [5, 5.41) is 7.68. The van der Waals surface area contributed by atoms with Gasteiger partial charge in [-0.3, -0.25) is 9.59 Å². The number of nitrogens with one attached hydrogen (secondary N) is 2. The second kappa shape index (κ2) is 11.4. The van der Waals surface area contributed by atoms with E-state index < -0.39 is 16.1 Å². The molecule has 2 N–H and O–H groups in total. The first-order chi connectivity index (χ1) is 17.6. The summed E-state index contributed by atoms with van der Waals surface area (Å²) in [5.41, 5.74) is 2.18. The normalized spacial score (nSPS) is 16.0. The Hall–Kier alpha value is -3.23. The summed E-state index contributed by atoms with van der Waals surface area (Å²) in [6.45, 7) is 6.29. The van der Waals surface area contributed by atoms with Crippen molar-refractivity contribution in [3.63, 3.8) is 0 Å². The van der Waals surface area contributed by atoms with Crippen molar-refractivity contribution in [1.82, 2.24) is 14.9 Å². The van der Waals surface area contributed by atoms with Crippen LogP contribution in [0.2, 0.25) is 0 Å². The molecule has 3 aromatic rings. The van der Waals surface area contributed by atoms with Crippen molar-refractivity contribution in [2.24, 2.45) is 0 Å². The van der Waals surface area contributed by atoms with E-state index in [0.29, 0.717) is 38.3 Å². The van der Waals surface area contributed by atoms with Crippen LogP contribution in [0.25, 0.3) is 10.8 Å². The van der Waals surface area contributed by atoms with Gasteiger partial charge in [0.25, 0.3) is 0 Å². The SMILES string of the molecule is CC(=O)NC(Cc1ccc(C(C)C)cc1)C(=O)NC1CCN(S(=O)(=O)c2ccc3ccccc3c2)CC1. The third-order valence-corrected chi connectivity index (χ3v) is 8.83. The third-order valence-electron chi connectivity index (χ3n) is 6.94. The van der Waals surface area contributed by atoms with Gasteiger partial charge in [-0.1, -0.05) is 68.4 Å². The summed E-state index contributed by atoms with van der Waals surface area (Å²) in [6.07, 6.45) is 1.40. The molecule has 0 aliphatic carbocycles. The van der Waals surface area contributed by atoms with Crippen LogP contribution in [0.5, 0.6) is 0 Å². The van der Waals surface area contributed by atoms with Crippen LogP contribution in [0.3, 0.4) is 0 Å². The molecule has 1 atom stereocenters. The largest absolute Gasteiger partial charge is 0.351 e. The summed E-state index contributed by atoms with van der Waals surface area (Å²) in [4.78, 5) is 25.2. The fourth-order valence-corrected chi connectivity index (χ4v) is 6.25. The first-order valence-corrected chi connectivity index (χ1v) is 14.2. The van der Waals surface area contributed by atoms with Crippen molar-refractivity contribution < 1.29 is 18.0 Å². The molecule has 7 nitrogen and oxygen atoms in total. The lowest BCUT2D eigenvalue weighted by Gasteiger charge is -2.32. The van der Waals surface area contributed by atoms with E-state index in [1.807, 2.05) is 42.5 Å². The lowest BCUT2D eigenvalue weighted by Crippen LogP contribution is -2.53. The Bertz CT molecular complexity index is 1360. The number of piperidine rings is 1. The van der Waals surface area contributed by atoms with Gasteiger partial charge in [0.05, 0.1) is 4.90 Å². The smallest absolute Gasteiger partial charge is 0.243 e. The minimum absolute atomic E-state index is 0.157.